The van der Waals surface area contributed by atoms with Gasteiger partial charge in [-0.15, -0.1) is 11.3 Å². The van der Waals surface area contributed by atoms with Crippen LogP contribution in [0.5, 0.6) is 5.75 Å². The second-order valence-electron chi connectivity index (χ2n) is 6.10. The molecule has 5 heteroatoms. The van der Waals surface area contributed by atoms with Crippen LogP contribution in [0, 0.1) is 13.8 Å². The van der Waals surface area contributed by atoms with E-state index in [0.717, 1.165) is 22.6 Å². The molecule has 0 saturated carbocycles. The number of benzene rings is 2. The van der Waals surface area contributed by atoms with Gasteiger partial charge in [-0.3, -0.25) is 4.79 Å². The minimum Gasteiger partial charge on any atom is -0.493 e. The van der Waals surface area contributed by atoms with Crippen LogP contribution in [-0.4, -0.2) is 17.5 Å². The average molecular weight is 366 g/mol. The molecule has 1 N–H and O–H groups in total. The zero-order valence-electron chi connectivity index (χ0n) is 15.0. The molecule has 134 valence electrons. The van der Waals surface area contributed by atoms with E-state index < -0.39 is 0 Å². The van der Waals surface area contributed by atoms with Gasteiger partial charge in [-0.25, -0.2) is 4.98 Å². The Labute approximate surface area is 157 Å². The lowest BCUT2D eigenvalue weighted by atomic mass is 10.1. The number of amides is 1. The van der Waals surface area contributed by atoms with Gasteiger partial charge in [-0.1, -0.05) is 42.5 Å². The normalized spacial score (nSPS) is 10.5. The molecule has 0 atom stereocenters. The summed E-state index contributed by atoms with van der Waals surface area (Å²) in [6, 6.07) is 15.9. The second-order valence-corrected chi connectivity index (χ2v) is 6.96. The van der Waals surface area contributed by atoms with Gasteiger partial charge >= 0.3 is 0 Å². The van der Waals surface area contributed by atoms with Crippen molar-refractivity contribution in [3.8, 4) is 17.0 Å². The van der Waals surface area contributed by atoms with Crippen LogP contribution in [0.25, 0.3) is 11.3 Å². The van der Waals surface area contributed by atoms with E-state index in [1.54, 1.807) is 0 Å². The molecular formula is C21H22N2O2S. The Morgan fingerprint density at radius 3 is 2.73 bits per heavy atom. The van der Waals surface area contributed by atoms with E-state index in [0.29, 0.717) is 24.6 Å². The number of rotatable bonds is 7. The topological polar surface area (TPSA) is 51.2 Å². The summed E-state index contributed by atoms with van der Waals surface area (Å²) in [5.74, 6) is 0.848. The third-order valence-electron chi connectivity index (χ3n) is 4.18. The number of carbonyl (C=O) groups excluding carboxylic acids is 1. The highest BCUT2D eigenvalue weighted by molar-refractivity contribution is 7.14. The first-order valence-corrected chi connectivity index (χ1v) is 9.51. The zero-order valence-corrected chi connectivity index (χ0v) is 15.8. The fourth-order valence-corrected chi connectivity index (χ4v) is 3.29. The van der Waals surface area contributed by atoms with Crippen molar-refractivity contribution in [3.63, 3.8) is 0 Å². The lowest BCUT2D eigenvalue weighted by molar-refractivity contribution is -0.116. The number of anilines is 1. The molecule has 0 aliphatic heterocycles. The molecular weight excluding hydrogens is 344 g/mol. The summed E-state index contributed by atoms with van der Waals surface area (Å²) in [7, 11) is 0. The predicted octanol–water partition coefficient (Wildman–Crippen LogP) is 5.22. The molecule has 26 heavy (non-hydrogen) atoms. The van der Waals surface area contributed by atoms with Gasteiger partial charge < -0.3 is 10.1 Å². The standard InChI is InChI=1S/C21H22N2O2S/c1-15-8-6-11-19(16(15)2)25-13-7-12-20(24)23-21-22-18(14-26-21)17-9-4-3-5-10-17/h3-6,8-11,14H,7,12-13H2,1-2H3,(H,22,23,24). The monoisotopic (exact) mass is 366 g/mol. The number of hydrogen-bond donors (Lipinski definition) is 1. The van der Waals surface area contributed by atoms with E-state index in [2.05, 4.69) is 23.3 Å². The minimum atomic E-state index is -0.0384. The highest BCUT2D eigenvalue weighted by atomic mass is 32.1. The Balaban J connectivity index is 1.45. The average Bonchev–Trinajstić information content (AvgIpc) is 3.11. The first kappa shape index (κ1) is 18.1. The van der Waals surface area contributed by atoms with E-state index in [1.165, 1.54) is 16.9 Å². The quantitative estimate of drug-likeness (QED) is 0.583. The van der Waals surface area contributed by atoms with Crippen molar-refractivity contribution < 1.29 is 9.53 Å². The molecule has 0 bridgehead atoms. The smallest absolute Gasteiger partial charge is 0.226 e. The Kier molecular flexibility index (Phi) is 6.02. The molecule has 1 heterocycles. The van der Waals surface area contributed by atoms with Crippen LogP contribution in [-0.2, 0) is 4.79 Å². The lowest BCUT2D eigenvalue weighted by Crippen LogP contribution is -2.12. The maximum absolute atomic E-state index is 12.1. The number of thiazole rings is 1. The summed E-state index contributed by atoms with van der Waals surface area (Å²) in [5.41, 5.74) is 4.28. The Bertz CT molecular complexity index is 875. The molecule has 0 aliphatic carbocycles. The Morgan fingerprint density at radius 1 is 1.12 bits per heavy atom. The summed E-state index contributed by atoms with van der Waals surface area (Å²) in [4.78, 5) is 16.6. The van der Waals surface area contributed by atoms with Crippen molar-refractivity contribution in [3.05, 3.63) is 65.0 Å². The molecule has 3 aromatic rings. The lowest BCUT2D eigenvalue weighted by Gasteiger charge is -2.10. The van der Waals surface area contributed by atoms with Crippen molar-refractivity contribution in [1.82, 2.24) is 4.98 Å². The maximum atomic E-state index is 12.1. The van der Waals surface area contributed by atoms with E-state index >= 15 is 0 Å². The van der Waals surface area contributed by atoms with Gasteiger partial charge in [0.05, 0.1) is 12.3 Å². The highest BCUT2D eigenvalue weighted by Crippen LogP contribution is 2.25. The molecule has 0 radical (unpaired) electrons. The fourth-order valence-electron chi connectivity index (χ4n) is 2.55. The van der Waals surface area contributed by atoms with Crippen molar-refractivity contribution >= 4 is 22.4 Å². The van der Waals surface area contributed by atoms with Gasteiger partial charge in [0.1, 0.15) is 5.75 Å². The fraction of sp³-hybridized carbons (Fsp3) is 0.238. The van der Waals surface area contributed by atoms with Crippen molar-refractivity contribution in [2.75, 3.05) is 11.9 Å². The second kappa shape index (κ2) is 8.63. The molecule has 4 nitrogen and oxygen atoms in total. The number of hydrogen-bond acceptors (Lipinski definition) is 4. The molecule has 3 rings (SSSR count). The van der Waals surface area contributed by atoms with Crippen LogP contribution in [0.2, 0.25) is 0 Å². The van der Waals surface area contributed by atoms with Gasteiger partial charge in [0, 0.05) is 17.4 Å². The summed E-state index contributed by atoms with van der Waals surface area (Å²) < 4.78 is 5.79. The van der Waals surface area contributed by atoms with E-state index in [4.69, 9.17) is 4.74 Å². The minimum absolute atomic E-state index is 0.0384. The van der Waals surface area contributed by atoms with E-state index in [1.807, 2.05) is 54.8 Å². The third-order valence-corrected chi connectivity index (χ3v) is 4.94. The van der Waals surface area contributed by atoms with E-state index in [-0.39, 0.29) is 5.91 Å². The Hall–Kier alpha value is -2.66. The summed E-state index contributed by atoms with van der Waals surface area (Å²) >= 11 is 1.44. The first-order valence-electron chi connectivity index (χ1n) is 8.63. The van der Waals surface area contributed by atoms with Crippen LogP contribution in [0.4, 0.5) is 5.13 Å². The van der Waals surface area contributed by atoms with Gasteiger partial charge in [0.15, 0.2) is 5.13 Å². The van der Waals surface area contributed by atoms with Crippen molar-refractivity contribution in [2.45, 2.75) is 26.7 Å². The number of nitrogens with one attached hydrogen (secondary N) is 1. The SMILES string of the molecule is Cc1cccc(OCCCC(=O)Nc2nc(-c3ccccc3)cs2)c1C. The first-order chi connectivity index (χ1) is 12.6. The summed E-state index contributed by atoms with van der Waals surface area (Å²) in [6.07, 6.45) is 1.07. The molecule has 2 aromatic carbocycles. The zero-order chi connectivity index (χ0) is 18.4. The van der Waals surface area contributed by atoms with E-state index in [9.17, 15) is 4.79 Å². The number of aromatic nitrogens is 1. The molecule has 1 amide bonds. The van der Waals surface area contributed by atoms with Gasteiger partial charge in [-0.05, 0) is 37.5 Å². The predicted molar refractivity (Wildman–Crippen MR) is 107 cm³/mol. The number of ether oxygens (including phenoxy) is 1. The molecule has 0 unspecified atom stereocenters. The molecule has 0 spiro atoms. The number of nitrogens with zero attached hydrogens (tertiary/aromatic N) is 1. The molecule has 1 aromatic heterocycles. The summed E-state index contributed by atoms with van der Waals surface area (Å²) in [5, 5.41) is 5.45. The summed E-state index contributed by atoms with van der Waals surface area (Å²) in [6.45, 7) is 4.63. The van der Waals surface area contributed by atoms with Crippen LogP contribution in [0.15, 0.2) is 53.9 Å². The van der Waals surface area contributed by atoms with Crippen LogP contribution < -0.4 is 10.1 Å². The third kappa shape index (κ3) is 4.70. The number of carbonyl (C=O) groups is 1. The van der Waals surface area contributed by atoms with Gasteiger partial charge in [-0.2, -0.15) is 0 Å². The maximum Gasteiger partial charge on any atom is 0.226 e. The van der Waals surface area contributed by atoms with Crippen molar-refractivity contribution in [1.29, 1.82) is 0 Å². The largest absolute Gasteiger partial charge is 0.493 e. The highest BCUT2D eigenvalue weighted by Gasteiger charge is 2.08. The molecule has 0 saturated heterocycles. The number of aryl methyl sites for hydroxylation is 1. The Morgan fingerprint density at radius 2 is 1.92 bits per heavy atom. The van der Waals surface area contributed by atoms with Crippen molar-refractivity contribution in [2.24, 2.45) is 0 Å². The molecule has 0 fully saturated rings. The van der Waals surface area contributed by atoms with Gasteiger partial charge in [0.2, 0.25) is 5.91 Å². The van der Waals surface area contributed by atoms with Crippen LogP contribution in [0.3, 0.4) is 0 Å². The van der Waals surface area contributed by atoms with Crippen LogP contribution in [0.1, 0.15) is 24.0 Å². The van der Waals surface area contributed by atoms with Crippen LogP contribution >= 0.6 is 11.3 Å². The molecule has 0 aliphatic rings. The van der Waals surface area contributed by atoms with Gasteiger partial charge in [0.25, 0.3) is 0 Å².